The van der Waals surface area contributed by atoms with E-state index in [4.69, 9.17) is 44.3 Å². The molecule has 0 bridgehead atoms. The number of ether oxygens (including phenoxy) is 2. The maximum Gasteiger partial charge on any atom is 0.219 e. The Morgan fingerprint density at radius 3 is 2.28 bits per heavy atom. The summed E-state index contributed by atoms with van der Waals surface area (Å²) in [5, 5.41) is 6.05. The largest absolute Gasteiger partial charge is 0.466 e. The smallest absolute Gasteiger partial charge is 0.219 e. The van der Waals surface area contributed by atoms with E-state index in [0.717, 1.165) is 5.56 Å². The van der Waals surface area contributed by atoms with Crippen LogP contribution in [-0.2, 0) is 11.3 Å². The van der Waals surface area contributed by atoms with E-state index in [-0.39, 0.29) is 11.5 Å². The number of halogens is 3. The van der Waals surface area contributed by atoms with E-state index in [2.05, 4.69) is 30.9 Å². The summed E-state index contributed by atoms with van der Waals surface area (Å²) in [6.07, 6.45) is 2.16. The molecule has 1 heterocycles. The van der Waals surface area contributed by atoms with Crippen molar-refractivity contribution in [2.45, 2.75) is 39.7 Å². The van der Waals surface area contributed by atoms with Gasteiger partial charge in [0.25, 0.3) is 0 Å². The minimum atomic E-state index is -0.551. The lowest BCUT2D eigenvalue weighted by Gasteiger charge is -2.36. The summed E-state index contributed by atoms with van der Waals surface area (Å²) < 4.78 is 14.2. The van der Waals surface area contributed by atoms with Crippen molar-refractivity contribution in [3.05, 3.63) is 75.8 Å². The van der Waals surface area contributed by atoms with Crippen LogP contribution in [0.3, 0.4) is 0 Å². The van der Waals surface area contributed by atoms with Gasteiger partial charge >= 0.3 is 0 Å². The molecule has 0 spiro atoms. The van der Waals surface area contributed by atoms with Crippen molar-refractivity contribution in [2.75, 3.05) is 0 Å². The van der Waals surface area contributed by atoms with Gasteiger partial charge in [-0.1, -0.05) is 61.6 Å². The van der Waals surface area contributed by atoms with E-state index < -0.39 is 6.23 Å². The molecule has 2 unspecified atom stereocenters. The molecule has 0 N–H and O–H groups in total. The molecule has 0 aliphatic carbocycles. The minimum Gasteiger partial charge on any atom is -0.466 e. The number of benzene rings is 2. The zero-order valence-corrected chi connectivity index (χ0v) is 18.6. The molecule has 2 atom stereocenters. The van der Waals surface area contributed by atoms with Crippen LogP contribution in [-0.4, -0.2) is 20.9 Å². The van der Waals surface area contributed by atoms with Crippen molar-refractivity contribution in [1.29, 1.82) is 0 Å². The van der Waals surface area contributed by atoms with Gasteiger partial charge in [-0.25, -0.2) is 9.67 Å². The molecule has 29 heavy (non-hydrogen) atoms. The molecule has 0 aliphatic rings. The van der Waals surface area contributed by atoms with Crippen LogP contribution in [0.4, 0.5) is 0 Å². The molecular formula is C21H22Cl3N3O2. The van der Waals surface area contributed by atoms with Crippen LogP contribution < -0.4 is 4.74 Å². The van der Waals surface area contributed by atoms with E-state index in [1.54, 1.807) is 35.3 Å². The SMILES string of the molecule is CC(C)(C)C(OCc1ccc(Cl)cc1Cl)C(Oc1ccc(Cl)cc1)n1cncn1. The van der Waals surface area contributed by atoms with Gasteiger partial charge in [-0.2, -0.15) is 5.10 Å². The molecule has 154 valence electrons. The predicted molar refractivity (Wildman–Crippen MR) is 116 cm³/mol. The molecule has 0 saturated heterocycles. The Bertz CT molecular complexity index is 925. The fraction of sp³-hybridized carbons (Fsp3) is 0.333. The maximum absolute atomic E-state index is 6.33. The summed E-state index contributed by atoms with van der Waals surface area (Å²) in [4.78, 5) is 4.06. The molecule has 0 radical (unpaired) electrons. The lowest BCUT2D eigenvalue weighted by atomic mass is 9.87. The standard InChI is InChI=1S/C21H22Cl3N3O2/c1-21(2,3)19(28-11-14-4-5-16(23)10-18(14)24)20(27-13-25-12-26-27)29-17-8-6-15(22)7-9-17/h4-10,12-13,19-20H,11H2,1-3H3. The third-order valence-electron chi connectivity index (χ3n) is 4.31. The van der Waals surface area contributed by atoms with Gasteiger partial charge in [-0.15, -0.1) is 0 Å². The summed E-state index contributed by atoms with van der Waals surface area (Å²) in [6, 6.07) is 12.5. The Hall–Kier alpha value is -1.79. The van der Waals surface area contributed by atoms with Gasteiger partial charge in [0.1, 0.15) is 24.5 Å². The van der Waals surface area contributed by atoms with Gasteiger partial charge in [-0.3, -0.25) is 0 Å². The summed E-state index contributed by atoms with van der Waals surface area (Å²) >= 11 is 18.3. The molecule has 3 aromatic rings. The Balaban J connectivity index is 1.88. The fourth-order valence-corrected chi connectivity index (χ4v) is 3.42. The molecular weight excluding hydrogens is 433 g/mol. The Labute approximate surface area is 185 Å². The first kappa shape index (κ1) is 21.9. The molecule has 0 aliphatic heterocycles. The highest BCUT2D eigenvalue weighted by molar-refractivity contribution is 6.35. The summed E-state index contributed by atoms with van der Waals surface area (Å²) in [7, 11) is 0. The Kier molecular flexibility index (Phi) is 7.06. The summed E-state index contributed by atoms with van der Waals surface area (Å²) in [6.45, 7) is 6.54. The normalized spacial score (nSPS) is 13.9. The summed E-state index contributed by atoms with van der Waals surface area (Å²) in [5.74, 6) is 0.650. The van der Waals surface area contributed by atoms with E-state index >= 15 is 0 Å². The van der Waals surface area contributed by atoms with Crippen LogP contribution in [0, 0.1) is 5.41 Å². The lowest BCUT2D eigenvalue weighted by Crippen LogP contribution is -2.41. The van der Waals surface area contributed by atoms with Crippen LogP contribution in [0.15, 0.2) is 55.1 Å². The quantitative estimate of drug-likeness (QED) is 0.412. The highest BCUT2D eigenvalue weighted by Gasteiger charge is 2.37. The van der Waals surface area contributed by atoms with Crippen LogP contribution in [0.5, 0.6) is 5.75 Å². The molecule has 1 aromatic heterocycles. The predicted octanol–water partition coefficient (Wildman–Crippen LogP) is 6.45. The van der Waals surface area contributed by atoms with Crippen molar-refractivity contribution in [3.63, 3.8) is 0 Å². The van der Waals surface area contributed by atoms with Gasteiger partial charge in [-0.05, 0) is 47.4 Å². The highest BCUT2D eigenvalue weighted by Crippen LogP contribution is 2.34. The second-order valence-corrected chi connectivity index (χ2v) is 8.95. The Morgan fingerprint density at radius 1 is 1.00 bits per heavy atom. The zero-order valence-electron chi connectivity index (χ0n) is 16.3. The number of hydrogen-bond acceptors (Lipinski definition) is 4. The molecule has 0 fully saturated rings. The second-order valence-electron chi connectivity index (χ2n) is 7.67. The number of hydrogen-bond donors (Lipinski definition) is 0. The molecule has 2 aromatic carbocycles. The van der Waals surface area contributed by atoms with E-state index in [9.17, 15) is 0 Å². The van der Waals surface area contributed by atoms with E-state index in [1.807, 2.05) is 18.2 Å². The topological polar surface area (TPSA) is 49.2 Å². The van der Waals surface area contributed by atoms with Crippen molar-refractivity contribution in [2.24, 2.45) is 5.41 Å². The van der Waals surface area contributed by atoms with Crippen molar-refractivity contribution < 1.29 is 9.47 Å². The second kappa shape index (κ2) is 9.35. The van der Waals surface area contributed by atoms with Crippen molar-refractivity contribution in [3.8, 4) is 5.75 Å². The lowest BCUT2D eigenvalue weighted by molar-refractivity contribution is -0.121. The highest BCUT2D eigenvalue weighted by atomic mass is 35.5. The number of rotatable bonds is 7. The molecule has 0 saturated carbocycles. The molecule has 0 amide bonds. The van der Waals surface area contributed by atoms with Crippen LogP contribution in [0.1, 0.15) is 32.6 Å². The van der Waals surface area contributed by atoms with E-state index in [1.165, 1.54) is 6.33 Å². The first-order valence-corrected chi connectivity index (χ1v) is 10.2. The Morgan fingerprint density at radius 2 is 1.69 bits per heavy atom. The van der Waals surface area contributed by atoms with Gasteiger partial charge in [0.05, 0.1) is 6.61 Å². The molecule has 5 nitrogen and oxygen atoms in total. The average molecular weight is 455 g/mol. The first-order valence-electron chi connectivity index (χ1n) is 9.06. The van der Waals surface area contributed by atoms with Crippen molar-refractivity contribution >= 4 is 34.8 Å². The van der Waals surface area contributed by atoms with Gasteiger partial charge in [0, 0.05) is 15.1 Å². The maximum atomic E-state index is 6.33. The third kappa shape index (κ3) is 5.86. The average Bonchev–Trinajstić information content (AvgIpc) is 3.17. The van der Waals surface area contributed by atoms with Gasteiger partial charge in [0.15, 0.2) is 0 Å². The fourth-order valence-electron chi connectivity index (χ4n) is 2.83. The third-order valence-corrected chi connectivity index (χ3v) is 5.15. The molecule has 3 rings (SSSR count). The van der Waals surface area contributed by atoms with Crippen molar-refractivity contribution in [1.82, 2.24) is 14.8 Å². The van der Waals surface area contributed by atoms with Gasteiger partial charge in [0.2, 0.25) is 6.23 Å². The summed E-state index contributed by atoms with van der Waals surface area (Å²) in [5.41, 5.74) is 0.566. The van der Waals surface area contributed by atoms with Crippen LogP contribution in [0.2, 0.25) is 15.1 Å². The number of nitrogens with zero attached hydrogens (tertiary/aromatic N) is 3. The van der Waals surface area contributed by atoms with E-state index in [0.29, 0.717) is 27.4 Å². The first-order chi connectivity index (χ1) is 13.7. The van der Waals surface area contributed by atoms with Crippen LogP contribution >= 0.6 is 34.8 Å². The number of aromatic nitrogens is 3. The molecule has 8 heteroatoms. The van der Waals surface area contributed by atoms with Gasteiger partial charge < -0.3 is 9.47 Å². The van der Waals surface area contributed by atoms with Crippen LogP contribution in [0.25, 0.3) is 0 Å². The zero-order chi connectivity index (χ0) is 21.0. The minimum absolute atomic E-state index is 0.276. The monoisotopic (exact) mass is 453 g/mol.